The van der Waals surface area contributed by atoms with Crippen molar-refractivity contribution >= 4 is 28.8 Å². The van der Waals surface area contributed by atoms with Crippen molar-refractivity contribution in [1.82, 2.24) is 0 Å². The maximum Gasteiger partial charge on any atom is 0.300 e. The summed E-state index contributed by atoms with van der Waals surface area (Å²) in [6.07, 6.45) is 2.32. The molecule has 5 nitrogen and oxygen atoms in total. The van der Waals surface area contributed by atoms with Crippen molar-refractivity contribution in [2.45, 2.75) is 25.8 Å². The number of carbonyl (C=O) groups is 2. The van der Waals surface area contributed by atoms with Crippen LogP contribution >= 0.6 is 0 Å². The number of benzene rings is 3. The predicted octanol–water partition coefficient (Wildman–Crippen LogP) is 5.36. The van der Waals surface area contributed by atoms with Crippen molar-refractivity contribution in [3.8, 4) is 0 Å². The second-order valence-corrected chi connectivity index (χ2v) is 8.80. The van der Waals surface area contributed by atoms with E-state index in [0.29, 0.717) is 11.3 Å². The molecule has 0 bridgehead atoms. The standard InChI is InChI=1S/C28H25FN2O3/c1-18-5-4-6-20(17-18)25-24(26(32)19-7-9-21(29)10-8-19)27(33)28(34)31(25)23-13-11-22(12-14-23)30-15-2-3-16-30/h4-14,17,25,32H,2-3,15-16H2,1H3/b26-24+. The SMILES string of the molecule is Cc1cccc(C2/C(=C(\O)c3ccc(F)cc3)C(=O)C(=O)N2c2ccc(N3CCCC3)cc2)c1. The molecule has 0 aliphatic carbocycles. The Labute approximate surface area is 197 Å². The Morgan fingerprint density at radius 3 is 2.21 bits per heavy atom. The number of carbonyl (C=O) groups excluding carboxylic acids is 2. The van der Waals surface area contributed by atoms with Crippen LogP contribution in [0, 0.1) is 12.7 Å². The molecule has 3 aromatic carbocycles. The lowest BCUT2D eigenvalue weighted by Crippen LogP contribution is -2.29. The fourth-order valence-electron chi connectivity index (χ4n) is 4.82. The first-order valence-corrected chi connectivity index (χ1v) is 11.4. The fraction of sp³-hybridized carbons (Fsp3) is 0.214. The van der Waals surface area contributed by atoms with E-state index in [2.05, 4.69) is 4.90 Å². The number of Topliss-reactive ketones (excluding diaryl/α,β-unsaturated/α-hetero) is 1. The summed E-state index contributed by atoms with van der Waals surface area (Å²) in [5.74, 6) is -2.24. The first kappa shape index (κ1) is 21.9. The molecule has 0 radical (unpaired) electrons. The number of ketones is 1. The van der Waals surface area contributed by atoms with Gasteiger partial charge in [0.1, 0.15) is 11.6 Å². The second-order valence-electron chi connectivity index (χ2n) is 8.80. The van der Waals surface area contributed by atoms with Gasteiger partial charge in [0.05, 0.1) is 11.6 Å². The molecule has 0 saturated carbocycles. The lowest BCUT2D eigenvalue weighted by Gasteiger charge is -2.26. The van der Waals surface area contributed by atoms with Crippen LogP contribution in [0.4, 0.5) is 15.8 Å². The maximum absolute atomic E-state index is 13.4. The summed E-state index contributed by atoms with van der Waals surface area (Å²) < 4.78 is 13.4. The number of nitrogens with zero attached hydrogens (tertiary/aromatic N) is 2. The second kappa shape index (κ2) is 8.78. The van der Waals surface area contributed by atoms with E-state index in [-0.39, 0.29) is 16.9 Å². The van der Waals surface area contributed by atoms with Crippen molar-refractivity contribution in [2.75, 3.05) is 22.9 Å². The van der Waals surface area contributed by atoms with E-state index in [1.54, 1.807) is 0 Å². The van der Waals surface area contributed by atoms with Gasteiger partial charge in [-0.15, -0.1) is 0 Å². The van der Waals surface area contributed by atoms with Crippen molar-refractivity contribution in [3.63, 3.8) is 0 Å². The number of hydrogen-bond acceptors (Lipinski definition) is 4. The van der Waals surface area contributed by atoms with Crippen LogP contribution in [0.1, 0.15) is 35.6 Å². The Morgan fingerprint density at radius 2 is 1.56 bits per heavy atom. The Balaban J connectivity index is 1.63. The van der Waals surface area contributed by atoms with Crippen LogP contribution in [0.3, 0.4) is 0 Å². The van der Waals surface area contributed by atoms with Crippen LogP contribution in [-0.4, -0.2) is 29.9 Å². The Kier molecular flexibility index (Phi) is 5.65. The minimum Gasteiger partial charge on any atom is -0.507 e. The molecule has 2 fully saturated rings. The highest BCUT2D eigenvalue weighted by atomic mass is 19.1. The van der Waals surface area contributed by atoms with Gasteiger partial charge in [0.25, 0.3) is 11.7 Å². The van der Waals surface area contributed by atoms with Crippen LogP contribution in [0.5, 0.6) is 0 Å². The molecule has 1 amide bonds. The zero-order chi connectivity index (χ0) is 23.8. The molecule has 172 valence electrons. The lowest BCUT2D eigenvalue weighted by molar-refractivity contribution is -0.132. The van der Waals surface area contributed by atoms with Crippen molar-refractivity contribution < 1.29 is 19.1 Å². The Bertz CT molecular complexity index is 1280. The van der Waals surface area contributed by atoms with Gasteiger partial charge in [-0.25, -0.2) is 4.39 Å². The summed E-state index contributed by atoms with van der Waals surface area (Å²) in [4.78, 5) is 30.2. The average molecular weight is 457 g/mol. The van der Waals surface area contributed by atoms with E-state index >= 15 is 0 Å². The number of aryl methyl sites for hydroxylation is 1. The molecule has 2 aliphatic rings. The van der Waals surface area contributed by atoms with Gasteiger partial charge >= 0.3 is 0 Å². The van der Waals surface area contributed by atoms with Gasteiger partial charge in [0.15, 0.2) is 0 Å². The Hall–Kier alpha value is -3.93. The lowest BCUT2D eigenvalue weighted by atomic mass is 9.94. The smallest absolute Gasteiger partial charge is 0.300 e. The Morgan fingerprint density at radius 1 is 0.912 bits per heavy atom. The number of amides is 1. The minimum atomic E-state index is -0.803. The number of aliphatic hydroxyl groups excluding tert-OH is 1. The molecule has 2 saturated heterocycles. The van der Waals surface area contributed by atoms with Crippen LogP contribution in [0.25, 0.3) is 5.76 Å². The molecule has 5 rings (SSSR count). The van der Waals surface area contributed by atoms with Crippen molar-refractivity contribution in [2.24, 2.45) is 0 Å². The van der Waals surface area contributed by atoms with Crippen molar-refractivity contribution in [3.05, 3.63) is 101 Å². The summed E-state index contributed by atoms with van der Waals surface area (Å²) in [5.41, 5.74) is 3.61. The predicted molar refractivity (Wildman–Crippen MR) is 130 cm³/mol. The molecule has 6 heteroatoms. The van der Waals surface area contributed by atoms with Crippen LogP contribution in [0.15, 0.2) is 78.4 Å². The molecule has 0 aromatic heterocycles. The van der Waals surface area contributed by atoms with Gasteiger partial charge in [0, 0.05) is 30.0 Å². The number of aliphatic hydroxyl groups is 1. The molecule has 34 heavy (non-hydrogen) atoms. The molecular formula is C28H25FN2O3. The highest BCUT2D eigenvalue weighted by Crippen LogP contribution is 2.42. The van der Waals surface area contributed by atoms with Gasteiger partial charge in [0.2, 0.25) is 0 Å². The highest BCUT2D eigenvalue weighted by Gasteiger charge is 2.47. The number of halogens is 1. The monoisotopic (exact) mass is 456 g/mol. The molecule has 2 heterocycles. The average Bonchev–Trinajstić information content (AvgIpc) is 3.47. The first-order chi connectivity index (χ1) is 16.4. The topological polar surface area (TPSA) is 60.9 Å². The van der Waals surface area contributed by atoms with E-state index < -0.39 is 23.5 Å². The third kappa shape index (κ3) is 3.85. The van der Waals surface area contributed by atoms with Crippen molar-refractivity contribution in [1.29, 1.82) is 0 Å². The summed E-state index contributed by atoms with van der Waals surface area (Å²) in [7, 11) is 0. The molecule has 2 aliphatic heterocycles. The fourth-order valence-corrected chi connectivity index (χ4v) is 4.82. The van der Waals surface area contributed by atoms with Crippen LogP contribution in [-0.2, 0) is 9.59 Å². The normalized spacial score (nSPS) is 19.8. The van der Waals surface area contributed by atoms with Gasteiger partial charge in [-0.1, -0.05) is 29.8 Å². The minimum absolute atomic E-state index is 0.00849. The van der Waals surface area contributed by atoms with Gasteiger partial charge in [-0.2, -0.15) is 0 Å². The molecule has 1 unspecified atom stereocenters. The summed E-state index contributed by atoms with van der Waals surface area (Å²) >= 11 is 0. The van der Waals surface area contributed by atoms with E-state index in [1.165, 1.54) is 29.2 Å². The van der Waals surface area contributed by atoms with E-state index in [1.807, 2.05) is 55.5 Å². The molecular weight excluding hydrogens is 431 g/mol. The molecule has 1 atom stereocenters. The third-order valence-corrected chi connectivity index (χ3v) is 6.52. The highest BCUT2D eigenvalue weighted by molar-refractivity contribution is 6.51. The number of anilines is 2. The molecule has 1 N–H and O–H groups in total. The van der Waals surface area contributed by atoms with E-state index in [9.17, 15) is 19.1 Å². The van der Waals surface area contributed by atoms with E-state index in [4.69, 9.17) is 0 Å². The van der Waals surface area contributed by atoms with Gasteiger partial charge < -0.3 is 10.0 Å². The zero-order valence-electron chi connectivity index (χ0n) is 18.9. The number of rotatable bonds is 4. The van der Waals surface area contributed by atoms with E-state index in [0.717, 1.165) is 37.2 Å². The van der Waals surface area contributed by atoms with Crippen LogP contribution < -0.4 is 9.80 Å². The molecule has 0 spiro atoms. The first-order valence-electron chi connectivity index (χ1n) is 11.4. The third-order valence-electron chi connectivity index (χ3n) is 6.52. The zero-order valence-corrected chi connectivity index (χ0v) is 18.9. The quantitative estimate of drug-likeness (QED) is 0.326. The largest absolute Gasteiger partial charge is 0.507 e. The number of hydrogen-bond donors (Lipinski definition) is 1. The van der Waals surface area contributed by atoms with Gasteiger partial charge in [-0.3, -0.25) is 14.5 Å². The summed E-state index contributed by atoms with van der Waals surface area (Å²) in [5, 5.41) is 11.1. The maximum atomic E-state index is 13.4. The summed E-state index contributed by atoms with van der Waals surface area (Å²) in [6.45, 7) is 3.94. The molecule has 3 aromatic rings. The van der Waals surface area contributed by atoms with Gasteiger partial charge in [-0.05, 0) is 73.9 Å². The van der Waals surface area contributed by atoms with Crippen LogP contribution in [0.2, 0.25) is 0 Å². The summed E-state index contributed by atoms with van der Waals surface area (Å²) in [6, 6.07) is 19.6.